The molecule has 0 atom stereocenters. The summed E-state index contributed by atoms with van der Waals surface area (Å²) in [4.78, 5) is 19.9. The molecule has 0 saturated heterocycles. The molecule has 4 aromatic heterocycles. The smallest absolute Gasteiger partial charge is 0.132 e. The Morgan fingerprint density at radius 2 is 1.37 bits per heavy atom. The molecule has 0 aliphatic carbocycles. The first-order chi connectivity index (χ1) is 24.6. The van der Waals surface area contributed by atoms with Crippen molar-refractivity contribution in [2.45, 2.75) is 46.8 Å². The van der Waals surface area contributed by atoms with E-state index in [2.05, 4.69) is 124 Å². The van der Waals surface area contributed by atoms with Gasteiger partial charge in [-0.2, -0.15) is 11.3 Å². The number of thiophene rings is 1. The third-order valence-electron chi connectivity index (χ3n) is 9.14. The van der Waals surface area contributed by atoms with Gasteiger partial charge in [-0.25, -0.2) is 9.97 Å². The molecule has 4 heterocycles. The van der Waals surface area contributed by atoms with Crippen molar-refractivity contribution in [3.8, 4) is 33.6 Å². The summed E-state index contributed by atoms with van der Waals surface area (Å²) >= 11 is 1.67. The number of pyridine rings is 2. The van der Waals surface area contributed by atoms with Gasteiger partial charge in [-0.15, -0.1) is 59.7 Å². The molecule has 52 heavy (non-hydrogen) atoms. The minimum atomic E-state index is -1.43. The van der Waals surface area contributed by atoms with Gasteiger partial charge in [-0.1, -0.05) is 103 Å². The van der Waals surface area contributed by atoms with Crippen LogP contribution in [0.4, 0.5) is 0 Å². The first kappa shape index (κ1) is 37.1. The maximum absolute atomic E-state index is 4.78. The molecule has 0 bridgehead atoms. The minimum absolute atomic E-state index is 0. The van der Waals surface area contributed by atoms with Crippen LogP contribution >= 0.6 is 11.3 Å². The van der Waals surface area contributed by atoms with Gasteiger partial charge in [0.2, 0.25) is 0 Å². The number of hydrogen-bond acceptors (Lipinski definition) is 5. The maximum Gasteiger partial charge on any atom is 0.132 e. The third-order valence-corrected chi connectivity index (χ3v) is 12.2. The summed E-state index contributed by atoms with van der Waals surface area (Å²) in [6.45, 7) is 13.3. The van der Waals surface area contributed by atoms with Crippen LogP contribution in [0.2, 0.25) is 19.6 Å². The average Bonchev–Trinajstić information content (AvgIpc) is 3.49. The van der Waals surface area contributed by atoms with E-state index in [1.807, 2.05) is 50.4 Å². The predicted molar refractivity (Wildman–Crippen MR) is 217 cm³/mol. The zero-order valence-corrected chi connectivity index (χ0v) is 34.5. The Morgan fingerprint density at radius 1 is 0.692 bits per heavy atom. The summed E-state index contributed by atoms with van der Waals surface area (Å²) in [7, 11) is -1.43. The molecule has 4 nitrogen and oxygen atoms in total. The first-order valence-electron chi connectivity index (χ1n) is 17.3. The molecule has 4 aromatic carbocycles. The summed E-state index contributed by atoms with van der Waals surface area (Å²) in [6, 6.07) is 44.3. The average molecular weight is 889 g/mol. The van der Waals surface area contributed by atoms with Crippen molar-refractivity contribution in [2.24, 2.45) is 0 Å². The van der Waals surface area contributed by atoms with E-state index in [1.54, 1.807) is 11.3 Å². The number of aromatic nitrogens is 4. The van der Waals surface area contributed by atoms with Gasteiger partial charge in [0.1, 0.15) is 4.83 Å². The van der Waals surface area contributed by atoms with Gasteiger partial charge < -0.3 is 9.97 Å². The van der Waals surface area contributed by atoms with E-state index in [-0.39, 0.29) is 20.1 Å². The molecule has 0 amide bonds. The van der Waals surface area contributed by atoms with Crippen LogP contribution in [0.25, 0.3) is 54.1 Å². The van der Waals surface area contributed by atoms with Crippen molar-refractivity contribution in [1.82, 2.24) is 19.9 Å². The van der Waals surface area contributed by atoms with Crippen molar-refractivity contribution in [1.29, 1.82) is 0 Å². The van der Waals surface area contributed by atoms with Crippen molar-refractivity contribution >= 4 is 45.0 Å². The SMILES string of the molecule is C[Si](C)(C)c1cnc(-c2[c-]cccc2)cc1Cc1ccccc1.Cc1cc(-c2[c-]cc3sc4nc(C)c(C)nc4c3c2)ncc1-c1ccccc1.[Ir]. The molecular formula is C45H40IrN4SSi-2. The summed E-state index contributed by atoms with van der Waals surface area (Å²) in [5.41, 5.74) is 13.2. The molecule has 8 rings (SSSR count). The van der Waals surface area contributed by atoms with Crippen LogP contribution in [0.1, 0.15) is 28.1 Å². The van der Waals surface area contributed by atoms with E-state index in [0.29, 0.717) is 0 Å². The molecule has 0 aliphatic heterocycles. The van der Waals surface area contributed by atoms with E-state index < -0.39 is 8.07 Å². The molecule has 8 aromatic rings. The first-order valence-corrected chi connectivity index (χ1v) is 21.6. The Kier molecular flexibility index (Phi) is 11.4. The molecule has 0 aliphatic rings. The van der Waals surface area contributed by atoms with Crippen LogP contribution in [0.3, 0.4) is 0 Å². The third kappa shape index (κ3) is 8.19. The molecule has 0 fully saturated rings. The maximum atomic E-state index is 4.78. The Hall–Kier alpha value is -4.65. The standard InChI is InChI=1S/C24H18N3S.C21H22NSi.Ir/c1-14-11-21(25-13-20(14)17-7-5-4-6-8-17)18-9-10-22-19(12-18)23-24(28-22)27-16(3)15(2)26-23;1-23(2,3)21-16-22-20(18-12-8-5-9-13-18)15-19(21)14-17-10-6-4-7-11-17;/h4-8,10-13H,1-3H3;4-12,15-16H,14H2,1-3H3;/q2*-1;. The molecule has 0 unspecified atom stereocenters. The van der Waals surface area contributed by atoms with Crippen LogP contribution in [-0.2, 0) is 26.5 Å². The number of aryl methyl sites for hydroxylation is 3. The summed E-state index contributed by atoms with van der Waals surface area (Å²) < 4.78 is 1.15. The van der Waals surface area contributed by atoms with Crippen LogP contribution in [0.15, 0.2) is 122 Å². The van der Waals surface area contributed by atoms with Crippen molar-refractivity contribution in [3.63, 3.8) is 0 Å². The number of rotatable bonds is 6. The second-order valence-electron chi connectivity index (χ2n) is 13.9. The molecule has 0 spiro atoms. The normalized spacial score (nSPS) is 11.2. The van der Waals surface area contributed by atoms with Gasteiger partial charge in [-0.05, 0) is 65.2 Å². The predicted octanol–water partition coefficient (Wildman–Crippen LogP) is 11.0. The second kappa shape index (κ2) is 15.9. The van der Waals surface area contributed by atoms with Gasteiger partial charge in [0, 0.05) is 38.1 Å². The summed E-state index contributed by atoms with van der Waals surface area (Å²) in [6.07, 6.45) is 5.01. The Balaban J connectivity index is 0.000000179. The van der Waals surface area contributed by atoms with Crippen LogP contribution < -0.4 is 5.19 Å². The summed E-state index contributed by atoms with van der Waals surface area (Å²) in [5, 5.41) is 2.57. The molecular weight excluding hydrogens is 849 g/mol. The number of benzene rings is 4. The largest absolute Gasteiger partial charge is 0.305 e. The topological polar surface area (TPSA) is 51.6 Å². The zero-order valence-electron chi connectivity index (χ0n) is 30.3. The molecule has 7 heteroatoms. The van der Waals surface area contributed by atoms with E-state index in [1.165, 1.54) is 27.4 Å². The van der Waals surface area contributed by atoms with Gasteiger partial charge in [0.25, 0.3) is 0 Å². The van der Waals surface area contributed by atoms with Crippen LogP contribution in [0, 0.1) is 32.9 Å². The molecule has 261 valence electrons. The molecule has 0 saturated carbocycles. The fourth-order valence-electron chi connectivity index (χ4n) is 6.29. The zero-order chi connectivity index (χ0) is 35.5. The summed E-state index contributed by atoms with van der Waals surface area (Å²) in [5.74, 6) is 0. The molecule has 1 radical (unpaired) electrons. The van der Waals surface area contributed by atoms with Crippen molar-refractivity contribution < 1.29 is 20.1 Å². The molecule has 0 N–H and O–H groups in total. The van der Waals surface area contributed by atoms with E-state index >= 15 is 0 Å². The second-order valence-corrected chi connectivity index (χ2v) is 20.0. The van der Waals surface area contributed by atoms with Crippen LogP contribution in [0.5, 0.6) is 0 Å². The Bertz CT molecular complexity index is 2460. The van der Waals surface area contributed by atoms with Crippen molar-refractivity contribution in [3.05, 3.63) is 162 Å². The minimum Gasteiger partial charge on any atom is -0.305 e. The fourth-order valence-corrected chi connectivity index (χ4v) is 8.89. The van der Waals surface area contributed by atoms with Gasteiger partial charge in [0.05, 0.1) is 25.0 Å². The monoisotopic (exact) mass is 889 g/mol. The Morgan fingerprint density at radius 3 is 2.06 bits per heavy atom. The van der Waals surface area contributed by atoms with Crippen molar-refractivity contribution in [2.75, 3.05) is 0 Å². The van der Waals surface area contributed by atoms with Gasteiger partial charge >= 0.3 is 0 Å². The number of nitrogens with zero attached hydrogens (tertiary/aromatic N) is 4. The number of fused-ring (bicyclic) bond motifs is 3. The van der Waals surface area contributed by atoms with E-state index in [9.17, 15) is 0 Å². The number of hydrogen-bond donors (Lipinski definition) is 0. The Labute approximate surface area is 325 Å². The van der Waals surface area contributed by atoms with E-state index in [4.69, 9.17) is 19.9 Å². The van der Waals surface area contributed by atoms with Gasteiger partial charge in [0.15, 0.2) is 0 Å². The fraction of sp³-hybridized carbons (Fsp3) is 0.156. The van der Waals surface area contributed by atoms with E-state index in [0.717, 1.165) is 66.3 Å². The quantitative estimate of drug-likeness (QED) is 0.123. The van der Waals surface area contributed by atoms with Gasteiger partial charge in [-0.3, -0.25) is 0 Å². The van der Waals surface area contributed by atoms with Crippen LogP contribution in [-0.4, -0.2) is 28.0 Å².